The van der Waals surface area contributed by atoms with Crippen molar-refractivity contribution in [3.8, 4) is 0 Å². The quantitative estimate of drug-likeness (QED) is 0.222. The lowest BCUT2D eigenvalue weighted by Crippen LogP contribution is -2.53. The largest absolute Gasteiger partial charge is 0.413 e. The summed E-state index contributed by atoms with van der Waals surface area (Å²) in [6, 6.07) is 0. The standard InChI is InChI=1S/C26H39Br3O2Si/c1-21(2,3)32(5,6)31-19-8-7-16-17-13-18-25(26(18,28)29)14-15(30)9-10-24(25)20(27)23(17,24)12-11-22(16,19)4/h16-20H,7-14H2,1-6H3/t16-,17-,18+,19-,20-,22-,23-,24+,25+/m0/s1. The molecule has 6 heteroatoms. The number of hydrogen-bond acceptors (Lipinski definition) is 2. The van der Waals surface area contributed by atoms with Crippen LogP contribution >= 0.6 is 47.8 Å². The molecule has 0 aromatic heterocycles. The van der Waals surface area contributed by atoms with Crippen LogP contribution in [0.5, 0.6) is 0 Å². The summed E-state index contributed by atoms with van der Waals surface area (Å²) in [7, 11) is -1.79. The highest BCUT2D eigenvalue weighted by molar-refractivity contribution is 9.25. The first-order chi connectivity index (χ1) is 14.6. The fourth-order valence-electron chi connectivity index (χ4n) is 9.90. The molecule has 0 amide bonds. The Morgan fingerprint density at radius 3 is 2.38 bits per heavy atom. The summed E-state index contributed by atoms with van der Waals surface area (Å²) in [5.74, 6) is 2.60. The molecule has 180 valence electrons. The number of carbonyl (C=O) groups is 1. The molecule has 0 unspecified atom stereocenters. The molecule has 0 bridgehead atoms. The maximum Gasteiger partial charge on any atom is 0.192 e. The highest BCUT2D eigenvalue weighted by atomic mass is 79.9. The minimum atomic E-state index is -1.79. The van der Waals surface area contributed by atoms with Crippen molar-refractivity contribution in [3.05, 3.63) is 0 Å². The maximum absolute atomic E-state index is 12.7. The van der Waals surface area contributed by atoms with Crippen LogP contribution in [0.2, 0.25) is 18.1 Å². The van der Waals surface area contributed by atoms with Crippen LogP contribution in [0, 0.1) is 39.4 Å². The second-order valence-electron chi connectivity index (χ2n) is 14.1. The van der Waals surface area contributed by atoms with Gasteiger partial charge < -0.3 is 4.43 Å². The molecule has 0 N–H and O–H groups in total. The predicted octanol–water partition coefficient (Wildman–Crippen LogP) is 8.21. The van der Waals surface area contributed by atoms with Gasteiger partial charge in [0.15, 0.2) is 8.32 Å². The van der Waals surface area contributed by atoms with Crippen LogP contribution < -0.4 is 0 Å². The molecule has 6 aliphatic rings. The van der Waals surface area contributed by atoms with Crippen LogP contribution in [-0.2, 0) is 9.22 Å². The van der Waals surface area contributed by atoms with Crippen molar-refractivity contribution < 1.29 is 9.22 Å². The van der Waals surface area contributed by atoms with Gasteiger partial charge in [0, 0.05) is 23.1 Å². The van der Waals surface area contributed by atoms with Gasteiger partial charge in [0.25, 0.3) is 0 Å². The van der Waals surface area contributed by atoms with E-state index in [1.807, 2.05) is 0 Å². The molecule has 9 atom stereocenters. The first kappa shape index (κ1) is 23.7. The Balaban J connectivity index is 1.36. The van der Waals surface area contributed by atoms with Gasteiger partial charge in [0.1, 0.15) is 5.78 Å². The Morgan fingerprint density at radius 1 is 1.03 bits per heavy atom. The topological polar surface area (TPSA) is 26.3 Å². The number of rotatable bonds is 2. The molecule has 0 aromatic rings. The van der Waals surface area contributed by atoms with Gasteiger partial charge in [-0.15, -0.1) is 0 Å². The molecule has 6 aliphatic carbocycles. The van der Waals surface area contributed by atoms with Crippen molar-refractivity contribution in [2.45, 2.75) is 111 Å². The first-order valence-corrected chi connectivity index (χ1v) is 18.3. The summed E-state index contributed by atoms with van der Waals surface area (Å²) in [4.78, 5) is 13.3. The fourth-order valence-corrected chi connectivity index (χ4v) is 15.7. The van der Waals surface area contributed by atoms with E-state index in [0.29, 0.717) is 38.9 Å². The van der Waals surface area contributed by atoms with E-state index in [1.165, 1.54) is 32.1 Å². The Morgan fingerprint density at radius 2 is 1.72 bits per heavy atom. The summed E-state index contributed by atoms with van der Waals surface area (Å²) >= 11 is 12.6. The lowest BCUT2D eigenvalue weighted by atomic mass is 9.50. The molecule has 6 fully saturated rings. The lowest BCUT2D eigenvalue weighted by Gasteiger charge is -2.55. The molecule has 0 radical (unpaired) electrons. The number of alkyl halides is 3. The lowest BCUT2D eigenvalue weighted by molar-refractivity contribution is -0.129. The molecular weight excluding hydrogens is 612 g/mol. The van der Waals surface area contributed by atoms with Crippen LogP contribution in [0.1, 0.15) is 79.1 Å². The molecule has 6 rings (SSSR count). The van der Waals surface area contributed by atoms with Crippen LogP contribution in [0.25, 0.3) is 0 Å². The number of fused-ring (bicyclic) bond motifs is 2. The maximum atomic E-state index is 12.7. The van der Waals surface area contributed by atoms with E-state index in [4.69, 9.17) is 4.43 Å². The molecule has 32 heavy (non-hydrogen) atoms. The van der Waals surface area contributed by atoms with Crippen LogP contribution in [0.15, 0.2) is 0 Å². The fraction of sp³-hybridized carbons (Fsp3) is 0.962. The summed E-state index contributed by atoms with van der Waals surface area (Å²) in [6.45, 7) is 14.6. The Hall–Kier alpha value is 1.29. The molecule has 0 heterocycles. The summed E-state index contributed by atoms with van der Waals surface area (Å²) in [6.07, 6.45) is 9.55. The molecular formula is C26H39Br3O2Si. The molecule has 6 saturated carbocycles. The average molecular weight is 651 g/mol. The third kappa shape index (κ3) is 2.32. The van der Waals surface area contributed by atoms with Gasteiger partial charge in [-0.05, 0) is 90.7 Å². The number of hydrogen-bond donors (Lipinski definition) is 0. The average Bonchev–Trinajstić information content (AvgIpc) is 3.29. The Kier molecular flexibility index (Phi) is 4.73. The van der Waals surface area contributed by atoms with Gasteiger partial charge >= 0.3 is 0 Å². The minimum absolute atomic E-state index is 0.0397. The van der Waals surface area contributed by atoms with Gasteiger partial charge in [-0.3, -0.25) is 4.79 Å². The first-order valence-electron chi connectivity index (χ1n) is 12.8. The van der Waals surface area contributed by atoms with Crippen molar-refractivity contribution in [3.63, 3.8) is 0 Å². The molecule has 0 aromatic carbocycles. The summed E-state index contributed by atoms with van der Waals surface area (Å²) in [5.41, 5.74) is 1.13. The zero-order chi connectivity index (χ0) is 23.3. The highest BCUT2D eigenvalue weighted by Gasteiger charge is 2.98. The van der Waals surface area contributed by atoms with Crippen molar-refractivity contribution in [1.82, 2.24) is 0 Å². The summed E-state index contributed by atoms with van der Waals surface area (Å²) in [5, 5.41) is 0.261. The zero-order valence-electron chi connectivity index (χ0n) is 20.5. The van der Waals surface area contributed by atoms with E-state index in [1.54, 1.807) is 0 Å². The van der Waals surface area contributed by atoms with E-state index in [-0.39, 0.29) is 13.7 Å². The second-order valence-corrected chi connectivity index (χ2v) is 23.4. The van der Waals surface area contributed by atoms with Gasteiger partial charge in [-0.1, -0.05) is 75.5 Å². The highest BCUT2D eigenvalue weighted by Crippen LogP contribution is 3.00. The SMILES string of the molecule is CC(C)(C)[Si](C)(C)O[C@H]1CC[C@H]2[C@@H]3C[C@H]4C(Br)(Br)[C@]45CC(=O)CC[C@]54[C@@H](Br)[C@]34CC[C@]12C. The van der Waals surface area contributed by atoms with Gasteiger partial charge in [-0.2, -0.15) is 0 Å². The predicted molar refractivity (Wildman–Crippen MR) is 143 cm³/mol. The van der Waals surface area contributed by atoms with E-state index >= 15 is 0 Å². The van der Waals surface area contributed by atoms with Gasteiger partial charge in [-0.25, -0.2) is 0 Å². The smallest absolute Gasteiger partial charge is 0.192 e. The Bertz CT molecular complexity index is 898. The number of halogens is 3. The van der Waals surface area contributed by atoms with E-state index in [2.05, 4.69) is 88.6 Å². The van der Waals surface area contributed by atoms with E-state index in [0.717, 1.165) is 31.1 Å². The third-order valence-electron chi connectivity index (χ3n) is 12.5. The zero-order valence-corrected chi connectivity index (χ0v) is 26.3. The van der Waals surface area contributed by atoms with Crippen LogP contribution in [-0.4, -0.2) is 28.3 Å². The number of ketones is 1. The molecule has 2 nitrogen and oxygen atoms in total. The molecule has 0 aliphatic heterocycles. The number of Topliss-reactive ketones (excluding diaryl/α,β-unsaturated/α-hetero) is 1. The van der Waals surface area contributed by atoms with Crippen molar-refractivity contribution in [2.75, 3.05) is 0 Å². The molecule has 0 saturated heterocycles. The molecule has 3 spiro atoms. The minimum Gasteiger partial charge on any atom is -0.413 e. The van der Waals surface area contributed by atoms with Crippen molar-refractivity contribution in [1.29, 1.82) is 0 Å². The third-order valence-corrected chi connectivity index (χ3v) is 21.1. The summed E-state index contributed by atoms with van der Waals surface area (Å²) < 4.78 is 7.11. The van der Waals surface area contributed by atoms with Crippen molar-refractivity contribution in [2.24, 2.45) is 39.4 Å². The second kappa shape index (κ2) is 6.40. The number of carbonyl (C=O) groups excluding carboxylic acids is 1. The monoisotopic (exact) mass is 648 g/mol. The van der Waals surface area contributed by atoms with Gasteiger partial charge in [0.05, 0.1) is 9.34 Å². The normalized spacial score (nSPS) is 55.3. The van der Waals surface area contributed by atoms with E-state index in [9.17, 15) is 4.79 Å². The van der Waals surface area contributed by atoms with E-state index < -0.39 is 8.32 Å². The van der Waals surface area contributed by atoms with Crippen molar-refractivity contribution >= 4 is 61.9 Å². The van der Waals surface area contributed by atoms with Gasteiger partial charge in [0.2, 0.25) is 0 Å². The van der Waals surface area contributed by atoms with Crippen LogP contribution in [0.3, 0.4) is 0 Å². The van der Waals surface area contributed by atoms with Crippen LogP contribution in [0.4, 0.5) is 0 Å². The Labute approximate surface area is 220 Å².